The lowest BCUT2D eigenvalue weighted by molar-refractivity contribution is 0.341. The van der Waals surface area contributed by atoms with Crippen LogP contribution in [0.5, 0.6) is 0 Å². The Morgan fingerprint density at radius 2 is 2.05 bits per heavy atom. The van der Waals surface area contributed by atoms with Gasteiger partial charge in [0.25, 0.3) is 0 Å². The van der Waals surface area contributed by atoms with Gasteiger partial charge >= 0.3 is 0 Å². The van der Waals surface area contributed by atoms with Crippen molar-refractivity contribution in [2.24, 2.45) is 0 Å². The third-order valence-electron chi connectivity index (χ3n) is 3.78. The number of terminal acetylenes is 1. The molecule has 0 aliphatic heterocycles. The summed E-state index contributed by atoms with van der Waals surface area (Å²) in [5.74, 6) is 2.90. The van der Waals surface area contributed by atoms with Crippen LogP contribution in [0.2, 0.25) is 5.02 Å². The monoisotopic (exact) mass is 306 g/mol. The predicted molar refractivity (Wildman–Crippen MR) is 90.2 cm³/mol. The van der Waals surface area contributed by atoms with Gasteiger partial charge in [0.05, 0.1) is 0 Å². The van der Waals surface area contributed by atoms with Crippen LogP contribution in [0.4, 0.5) is 5.69 Å². The van der Waals surface area contributed by atoms with Crippen molar-refractivity contribution in [3.05, 3.63) is 28.8 Å². The molecule has 0 saturated heterocycles. The van der Waals surface area contributed by atoms with E-state index < -0.39 is 0 Å². The zero-order chi connectivity index (χ0) is 14.6. The van der Waals surface area contributed by atoms with Gasteiger partial charge in [0, 0.05) is 10.7 Å². The first kappa shape index (κ1) is 15.2. The first-order valence-electron chi connectivity index (χ1n) is 6.88. The summed E-state index contributed by atoms with van der Waals surface area (Å²) in [5, 5.41) is 7.77. The van der Waals surface area contributed by atoms with E-state index in [4.69, 9.17) is 30.2 Å². The van der Waals surface area contributed by atoms with Crippen molar-refractivity contribution in [1.29, 1.82) is 0 Å². The number of halogens is 1. The topological polar surface area (TPSA) is 24.1 Å². The highest BCUT2D eigenvalue weighted by molar-refractivity contribution is 7.80. The minimum absolute atomic E-state index is 0.297. The molecule has 2 N–H and O–H groups in total. The molecule has 1 aromatic carbocycles. The van der Waals surface area contributed by atoms with E-state index in [2.05, 4.69) is 16.6 Å². The van der Waals surface area contributed by atoms with Crippen molar-refractivity contribution >= 4 is 34.6 Å². The summed E-state index contributed by atoms with van der Waals surface area (Å²) in [5.41, 5.74) is 1.71. The fourth-order valence-corrected chi connectivity index (χ4v) is 3.04. The molecule has 20 heavy (non-hydrogen) atoms. The molecule has 1 aliphatic rings. The molecule has 106 valence electrons. The second-order valence-electron chi connectivity index (χ2n) is 5.33. The Balaban J connectivity index is 2.05. The van der Waals surface area contributed by atoms with Crippen LogP contribution in [0, 0.1) is 19.3 Å². The average Bonchev–Trinajstić information content (AvgIpc) is 2.44. The van der Waals surface area contributed by atoms with E-state index in [0.717, 1.165) is 36.9 Å². The molecule has 1 fully saturated rings. The summed E-state index contributed by atoms with van der Waals surface area (Å²) in [6.07, 6.45) is 11.2. The Bertz CT molecular complexity index is 542. The van der Waals surface area contributed by atoms with Gasteiger partial charge in [-0.2, -0.15) is 0 Å². The third-order valence-corrected chi connectivity index (χ3v) is 4.22. The van der Waals surface area contributed by atoms with Gasteiger partial charge in [-0.15, -0.1) is 6.42 Å². The molecule has 0 amide bonds. The molecule has 0 bridgehead atoms. The highest BCUT2D eigenvalue weighted by Gasteiger charge is 2.30. The molecule has 0 atom stereocenters. The third kappa shape index (κ3) is 3.65. The van der Waals surface area contributed by atoms with Crippen LogP contribution >= 0.6 is 23.8 Å². The average molecular weight is 307 g/mol. The molecular weight excluding hydrogens is 288 g/mol. The maximum absolute atomic E-state index is 6.01. The fourth-order valence-electron chi connectivity index (χ4n) is 2.56. The van der Waals surface area contributed by atoms with Crippen molar-refractivity contribution in [1.82, 2.24) is 5.32 Å². The number of anilines is 1. The summed E-state index contributed by atoms with van der Waals surface area (Å²) in [4.78, 5) is 0. The molecule has 0 unspecified atom stereocenters. The Morgan fingerprint density at radius 3 is 2.70 bits per heavy atom. The first-order valence-corrected chi connectivity index (χ1v) is 7.66. The minimum atomic E-state index is -0.297. The van der Waals surface area contributed by atoms with Crippen LogP contribution < -0.4 is 10.6 Å². The molecule has 0 spiro atoms. The molecule has 0 radical (unpaired) electrons. The quantitative estimate of drug-likeness (QED) is 0.630. The van der Waals surface area contributed by atoms with Crippen LogP contribution in [0.3, 0.4) is 0 Å². The summed E-state index contributed by atoms with van der Waals surface area (Å²) < 4.78 is 0. The second kappa shape index (κ2) is 6.47. The van der Waals surface area contributed by atoms with Crippen LogP contribution in [0.15, 0.2) is 18.2 Å². The van der Waals surface area contributed by atoms with Gasteiger partial charge in [-0.1, -0.05) is 42.9 Å². The van der Waals surface area contributed by atoms with E-state index in [-0.39, 0.29) is 5.54 Å². The smallest absolute Gasteiger partial charge is 0.171 e. The van der Waals surface area contributed by atoms with Gasteiger partial charge in [0.15, 0.2) is 5.11 Å². The van der Waals surface area contributed by atoms with Crippen molar-refractivity contribution in [3.63, 3.8) is 0 Å². The zero-order valence-corrected chi connectivity index (χ0v) is 13.2. The highest BCUT2D eigenvalue weighted by atomic mass is 35.5. The number of benzene rings is 1. The first-order chi connectivity index (χ1) is 9.54. The summed E-state index contributed by atoms with van der Waals surface area (Å²) in [7, 11) is 0. The summed E-state index contributed by atoms with van der Waals surface area (Å²) in [6, 6.07) is 5.70. The maximum atomic E-state index is 6.01. The Morgan fingerprint density at radius 1 is 1.35 bits per heavy atom. The standard InChI is InChI=1S/C16H19ClN2S/c1-3-16(9-5-4-6-10-16)19-15(20)18-14-11-13(17)8-7-12(14)2/h1,7-8,11H,4-6,9-10H2,2H3,(H2,18,19,20). The van der Waals surface area contributed by atoms with E-state index in [0.29, 0.717) is 10.1 Å². The molecule has 2 nitrogen and oxygen atoms in total. The van der Waals surface area contributed by atoms with Crippen molar-refractivity contribution in [2.75, 3.05) is 5.32 Å². The van der Waals surface area contributed by atoms with Crippen molar-refractivity contribution < 1.29 is 0 Å². The SMILES string of the molecule is C#CC1(NC(=S)Nc2cc(Cl)ccc2C)CCCCC1. The highest BCUT2D eigenvalue weighted by Crippen LogP contribution is 2.28. The number of aryl methyl sites for hydroxylation is 1. The molecule has 4 heteroatoms. The molecule has 0 aromatic heterocycles. The maximum Gasteiger partial charge on any atom is 0.171 e. The van der Waals surface area contributed by atoms with Gasteiger partial charge < -0.3 is 10.6 Å². The van der Waals surface area contributed by atoms with Gasteiger partial charge in [0.2, 0.25) is 0 Å². The number of hydrogen-bond donors (Lipinski definition) is 2. The normalized spacial score (nSPS) is 17.1. The van der Waals surface area contributed by atoms with Gasteiger partial charge in [-0.25, -0.2) is 0 Å². The van der Waals surface area contributed by atoms with E-state index in [1.54, 1.807) is 0 Å². The van der Waals surface area contributed by atoms with Crippen molar-refractivity contribution in [2.45, 2.75) is 44.6 Å². The van der Waals surface area contributed by atoms with Crippen LogP contribution in [-0.2, 0) is 0 Å². The molecule has 1 aromatic rings. The van der Waals surface area contributed by atoms with Crippen molar-refractivity contribution in [3.8, 4) is 12.3 Å². The molecular formula is C16H19ClN2S. The molecule has 0 heterocycles. The number of thiocarbonyl (C=S) groups is 1. The van der Waals surface area contributed by atoms with Crippen LogP contribution in [0.1, 0.15) is 37.7 Å². The largest absolute Gasteiger partial charge is 0.346 e. The van der Waals surface area contributed by atoms with E-state index in [1.807, 2.05) is 25.1 Å². The van der Waals surface area contributed by atoms with Crippen LogP contribution in [0.25, 0.3) is 0 Å². The number of nitrogens with one attached hydrogen (secondary N) is 2. The molecule has 1 saturated carbocycles. The molecule has 1 aliphatic carbocycles. The molecule has 2 rings (SSSR count). The second-order valence-corrected chi connectivity index (χ2v) is 6.17. The Labute approximate surface area is 131 Å². The van der Waals surface area contributed by atoms with E-state index in [9.17, 15) is 0 Å². The predicted octanol–water partition coefficient (Wildman–Crippen LogP) is 4.27. The van der Waals surface area contributed by atoms with Gasteiger partial charge in [-0.3, -0.25) is 0 Å². The Kier molecular flexibility index (Phi) is 4.91. The lowest BCUT2D eigenvalue weighted by Crippen LogP contribution is -2.50. The lowest BCUT2D eigenvalue weighted by atomic mass is 9.82. The zero-order valence-electron chi connectivity index (χ0n) is 11.6. The minimum Gasteiger partial charge on any atom is -0.346 e. The van der Waals surface area contributed by atoms with E-state index in [1.165, 1.54) is 6.42 Å². The summed E-state index contributed by atoms with van der Waals surface area (Å²) in [6.45, 7) is 2.01. The Hall–Kier alpha value is -1.24. The number of rotatable bonds is 2. The lowest BCUT2D eigenvalue weighted by Gasteiger charge is -2.34. The van der Waals surface area contributed by atoms with E-state index >= 15 is 0 Å². The van der Waals surface area contributed by atoms with Gasteiger partial charge in [0.1, 0.15) is 5.54 Å². The summed E-state index contributed by atoms with van der Waals surface area (Å²) >= 11 is 11.4. The van der Waals surface area contributed by atoms with Crippen LogP contribution in [-0.4, -0.2) is 10.7 Å². The number of hydrogen-bond acceptors (Lipinski definition) is 1. The van der Waals surface area contributed by atoms with Gasteiger partial charge in [-0.05, 0) is 49.7 Å². The fraction of sp³-hybridized carbons (Fsp3) is 0.438.